The van der Waals surface area contributed by atoms with Crippen molar-refractivity contribution in [3.63, 3.8) is 0 Å². The van der Waals surface area contributed by atoms with Gasteiger partial charge in [0.15, 0.2) is 12.4 Å². The largest absolute Gasteiger partial charge is 0.497 e. The Morgan fingerprint density at radius 1 is 1.04 bits per heavy atom. The lowest BCUT2D eigenvalue weighted by atomic mass is 9.99. The molecule has 1 saturated heterocycles. The van der Waals surface area contributed by atoms with E-state index in [2.05, 4.69) is 0 Å². The fraction of sp³-hybridized carbons (Fsp3) is 0.562. The smallest absolute Gasteiger partial charge is 0.335 e. The summed E-state index contributed by atoms with van der Waals surface area (Å²) in [6.45, 7) is 1.65. The van der Waals surface area contributed by atoms with Crippen molar-refractivity contribution >= 4 is 5.97 Å². The number of carboxylic acids is 1. The van der Waals surface area contributed by atoms with Crippen LogP contribution >= 0.6 is 0 Å². The molecule has 9 heteroatoms. The Bertz CT molecular complexity index is 583. The van der Waals surface area contributed by atoms with Crippen LogP contribution in [0.5, 0.6) is 11.5 Å². The summed E-state index contributed by atoms with van der Waals surface area (Å²) < 4.78 is 21.0. The van der Waals surface area contributed by atoms with Gasteiger partial charge in [-0.05, 0) is 24.6 Å². The number of aliphatic carboxylic acids is 1. The maximum atomic E-state index is 11.1. The first-order valence-electron chi connectivity index (χ1n) is 7.59. The normalized spacial score (nSPS) is 30.6. The summed E-state index contributed by atoms with van der Waals surface area (Å²) in [6, 6.07) is 5.04. The number of benzene rings is 1. The monoisotopic (exact) mass is 358 g/mol. The van der Waals surface area contributed by atoms with E-state index in [0.717, 1.165) is 0 Å². The number of ether oxygens (including phenoxy) is 4. The van der Waals surface area contributed by atoms with Crippen molar-refractivity contribution in [2.24, 2.45) is 0 Å². The maximum absolute atomic E-state index is 11.1. The van der Waals surface area contributed by atoms with Gasteiger partial charge in [-0.1, -0.05) is 0 Å². The molecule has 4 N–H and O–H groups in total. The van der Waals surface area contributed by atoms with Crippen LogP contribution in [0.25, 0.3) is 0 Å². The van der Waals surface area contributed by atoms with Gasteiger partial charge < -0.3 is 39.4 Å². The lowest BCUT2D eigenvalue weighted by Crippen LogP contribution is -2.60. The van der Waals surface area contributed by atoms with E-state index in [9.17, 15) is 20.1 Å². The van der Waals surface area contributed by atoms with E-state index in [-0.39, 0.29) is 0 Å². The number of aliphatic hydroxyl groups excluding tert-OH is 3. The lowest BCUT2D eigenvalue weighted by Gasteiger charge is -2.39. The first-order chi connectivity index (χ1) is 11.8. The molecule has 140 valence electrons. The minimum atomic E-state index is -1.76. The van der Waals surface area contributed by atoms with Gasteiger partial charge in [-0.25, -0.2) is 4.79 Å². The van der Waals surface area contributed by atoms with Crippen molar-refractivity contribution in [2.75, 3.05) is 14.2 Å². The molecule has 9 nitrogen and oxygen atoms in total. The molecule has 1 aliphatic heterocycles. The van der Waals surface area contributed by atoms with E-state index in [4.69, 9.17) is 24.1 Å². The van der Waals surface area contributed by atoms with Crippen LogP contribution in [0.1, 0.15) is 18.6 Å². The predicted molar refractivity (Wildman–Crippen MR) is 83.4 cm³/mol. The van der Waals surface area contributed by atoms with Crippen molar-refractivity contribution < 1.29 is 44.2 Å². The van der Waals surface area contributed by atoms with E-state index >= 15 is 0 Å². The highest BCUT2D eigenvalue weighted by atomic mass is 16.7. The minimum Gasteiger partial charge on any atom is -0.497 e. The quantitative estimate of drug-likeness (QED) is 0.539. The van der Waals surface area contributed by atoms with Crippen LogP contribution in [0.15, 0.2) is 18.2 Å². The average molecular weight is 358 g/mol. The third kappa shape index (κ3) is 4.20. The lowest BCUT2D eigenvalue weighted by molar-refractivity contribution is -0.304. The van der Waals surface area contributed by atoms with Gasteiger partial charge in [0.1, 0.15) is 29.8 Å². The number of hydrogen-bond acceptors (Lipinski definition) is 8. The summed E-state index contributed by atoms with van der Waals surface area (Å²) in [5.74, 6) is -0.426. The van der Waals surface area contributed by atoms with Gasteiger partial charge in [-0.2, -0.15) is 0 Å². The Labute approximate surface area is 144 Å². The number of carbonyl (C=O) groups is 1. The van der Waals surface area contributed by atoms with Gasteiger partial charge in [0.05, 0.1) is 20.3 Å². The molecule has 0 bridgehead atoms. The molecule has 25 heavy (non-hydrogen) atoms. The number of aliphatic hydroxyl groups is 3. The Hall–Kier alpha value is -1.91. The molecule has 0 saturated carbocycles. The molecule has 1 heterocycles. The topological polar surface area (TPSA) is 135 Å². The highest BCUT2D eigenvalue weighted by Crippen LogP contribution is 2.31. The third-order valence-electron chi connectivity index (χ3n) is 3.99. The zero-order valence-corrected chi connectivity index (χ0v) is 14.0. The Morgan fingerprint density at radius 3 is 2.08 bits per heavy atom. The Kier molecular flexibility index (Phi) is 6.20. The first-order valence-corrected chi connectivity index (χ1v) is 7.59. The van der Waals surface area contributed by atoms with Gasteiger partial charge in [0.2, 0.25) is 0 Å². The summed E-state index contributed by atoms with van der Waals surface area (Å²) in [5, 5.41) is 38.6. The molecule has 1 aliphatic rings. The first kappa shape index (κ1) is 19.4. The van der Waals surface area contributed by atoms with Crippen LogP contribution in [0.3, 0.4) is 0 Å². The number of methoxy groups -OCH3 is 2. The SMILES string of the molecule is COc1cc(OC)cc(C(C)OC2OC(C(=O)O)C(O)C(O)C2O)c1. The van der Waals surface area contributed by atoms with Crippen LogP contribution in [0.2, 0.25) is 0 Å². The minimum absolute atomic E-state index is 0.522. The van der Waals surface area contributed by atoms with E-state index < -0.39 is 42.8 Å². The molecule has 1 fully saturated rings. The van der Waals surface area contributed by atoms with Crippen LogP contribution in [-0.4, -0.2) is 71.3 Å². The summed E-state index contributed by atoms with van der Waals surface area (Å²) in [5.41, 5.74) is 0.625. The van der Waals surface area contributed by atoms with Crippen molar-refractivity contribution in [1.29, 1.82) is 0 Å². The van der Waals surface area contributed by atoms with E-state index in [0.29, 0.717) is 17.1 Å². The number of rotatable bonds is 6. The zero-order valence-electron chi connectivity index (χ0n) is 14.0. The molecule has 2 rings (SSSR count). The van der Waals surface area contributed by atoms with Crippen molar-refractivity contribution in [2.45, 2.75) is 43.7 Å². The van der Waals surface area contributed by atoms with Gasteiger partial charge >= 0.3 is 5.97 Å². The molecule has 6 unspecified atom stereocenters. The van der Waals surface area contributed by atoms with E-state index in [1.807, 2.05) is 0 Å². The molecular formula is C16H22O9. The highest BCUT2D eigenvalue weighted by molar-refractivity contribution is 5.73. The average Bonchev–Trinajstić information content (AvgIpc) is 2.61. The second kappa shape index (κ2) is 7.98. The molecule has 0 spiro atoms. The molecule has 0 amide bonds. The van der Waals surface area contributed by atoms with Gasteiger partial charge in [-0.3, -0.25) is 0 Å². The predicted octanol–water partition coefficient (Wildman–Crippen LogP) is -0.326. The second-order valence-electron chi connectivity index (χ2n) is 5.66. The molecule has 6 atom stereocenters. The van der Waals surface area contributed by atoms with Crippen molar-refractivity contribution in [3.8, 4) is 11.5 Å². The fourth-order valence-electron chi connectivity index (χ4n) is 2.51. The van der Waals surface area contributed by atoms with Crippen molar-refractivity contribution in [3.05, 3.63) is 23.8 Å². The Morgan fingerprint density at radius 2 is 1.60 bits per heavy atom. The van der Waals surface area contributed by atoms with Crippen LogP contribution < -0.4 is 9.47 Å². The molecule has 1 aromatic carbocycles. The van der Waals surface area contributed by atoms with E-state index in [1.165, 1.54) is 14.2 Å². The summed E-state index contributed by atoms with van der Waals surface area (Å²) in [6.07, 6.45) is -8.89. The maximum Gasteiger partial charge on any atom is 0.335 e. The van der Waals surface area contributed by atoms with Gasteiger partial charge in [-0.15, -0.1) is 0 Å². The summed E-state index contributed by atoms with van der Waals surface area (Å²) in [7, 11) is 2.99. The number of hydrogen-bond donors (Lipinski definition) is 4. The van der Waals surface area contributed by atoms with Gasteiger partial charge in [0.25, 0.3) is 0 Å². The molecule has 0 radical (unpaired) electrons. The third-order valence-corrected chi connectivity index (χ3v) is 3.99. The van der Waals surface area contributed by atoms with Crippen LogP contribution in [0, 0.1) is 0 Å². The zero-order chi connectivity index (χ0) is 18.7. The molecule has 0 aromatic heterocycles. The summed E-state index contributed by atoms with van der Waals surface area (Å²) >= 11 is 0. The molecular weight excluding hydrogens is 336 g/mol. The second-order valence-corrected chi connectivity index (χ2v) is 5.66. The van der Waals surface area contributed by atoms with E-state index in [1.54, 1.807) is 25.1 Å². The molecule has 0 aliphatic carbocycles. The number of carboxylic acid groups (broad SMARTS) is 1. The van der Waals surface area contributed by atoms with Gasteiger partial charge in [0, 0.05) is 6.07 Å². The Balaban J connectivity index is 2.18. The van der Waals surface area contributed by atoms with Crippen LogP contribution in [-0.2, 0) is 14.3 Å². The standard InChI is InChI=1S/C16H22O9/c1-7(8-4-9(22-2)6-10(5-8)23-3)24-16-13(19)11(17)12(18)14(25-16)15(20)21/h4-7,11-14,16-19H,1-3H3,(H,20,21). The summed E-state index contributed by atoms with van der Waals surface area (Å²) in [4.78, 5) is 11.1. The highest BCUT2D eigenvalue weighted by Gasteiger charge is 2.47. The van der Waals surface area contributed by atoms with Crippen LogP contribution in [0.4, 0.5) is 0 Å². The fourth-order valence-corrected chi connectivity index (χ4v) is 2.51. The van der Waals surface area contributed by atoms with Crippen molar-refractivity contribution in [1.82, 2.24) is 0 Å². The molecule has 1 aromatic rings.